The van der Waals surface area contributed by atoms with Crippen molar-refractivity contribution in [3.8, 4) is 0 Å². The number of rotatable bonds is 3. The summed E-state index contributed by atoms with van der Waals surface area (Å²) in [6.07, 6.45) is 0. The number of hydrogen-bond acceptors (Lipinski definition) is 2. The number of nitrogens with one attached hydrogen (secondary N) is 2. The molecular weight excluding hydrogens is 313 g/mol. The first kappa shape index (κ1) is 16.0. The van der Waals surface area contributed by atoms with E-state index in [-0.39, 0.29) is 4.99 Å². The summed E-state index contributed by atoms with van der Waals surface area (Å²) in [7, 11) is 0. The van der Waals surface area contributed by atoms with Crippen LogP contribution < -0.4 is 10.6 Å². The Balaban J connectivity index is 1.97. The predicted octanol–water partition coefficient (Wildman–Crippen LogP) is 3.16. The zero-order valence-corrected chi connectivity index (χ0v) is 12.0. The van der Waals surface area contributed by atoms with Crippen LogP contribution in [0.3, 0.4) is 0 Å². The van der Waals surface area contributed by atoms with E-state index in [1.54, 1.807) is 0 Å². The molecule has 0 fully saturated rings. The van der Waals surface area contributed by atoms with E-state index in [0.717, 1.165) is 5.56 Å². The average Bonchev–Trinajstić information content (AvgIpc) is 2.51. The van der Waals surface area contributed by atoms with Crippen LogP contribution in [0, 0.1) is 17.5 Å². The van der Waals surface area contributed by atoms with Gasteiger partial charge in [0.1, 0.15) is 5.82 Å². The van der Waals surface area contributed by atoms with Gasteiger partial charge in [0, 0.05) is 18.7 Å². The van der Waals surface area contributed by atoms with Gasteiger partial charge in [0.15, 0.2) is 16.6 Å². The smallest absolute Gasteiger partial charge is 0.283 e. The summed E-state index contributed by atoms with van der Waals surface area (Å²) in [5.41, 5.74) is 0.421. The lowest BCUT2D eigenvalue weighted by Gasteiger charge is -2.10. The molecule has 0 saturated carbocycles. The fourth-order valence-corrected chi connectivity index (χ4v) is 1.78. The molecule has 114 valence electrons. The van der Waals surface area contributed by atoms with Gasteiger partial charge in [-0.05, 0) is 5.56 Å². The number of carbonyl (C=O) groups is 1. The molecule has 0 aliphatic carbocycles. The van der Waals surface area contributed by atoms with E-state index < -0.39 is 29.0 Å². The van der Waals surface area contributed by atoms with Crippen LogP contribution in [-0.4, -0.2) is 10.9 Å². The molecule has 0 radical (unpaired) electrons. The van der Waals surface area contributed by atoms with Crippen molar-refractivity contribution in [1.82, 2.24) is 5.32 Å². The van der Waals surface area contributed by atoms with Gasteiger partial charge >= 0.3 is 0 Å². The lowest BCUT2D eigenvalue weighted by atomic mass is 10.2. The van der Waals surface area contributed by atoms with Crippen LogP contribution in [-0.2, 0) is 11.3 Å². The first-order valence-corrected chi connectivity index (χ1v) is 6.66. The van der Waals surface area contributed by atoms with Gasteiger partial charge in [-0.15, -0.1) is 0 Å². The largest absolute Gasteiger partial charge is 0.368 e. The zero-order valence-electron chi connectivity index (χ0n) is 11.2. The summed E-state index contributed by atoms with van der Waals surface area (Å²) in [6.45, 7) is 0.313. The van der Waals surface area contributed by atoms with E-state index in [9.17, 15) is 18.0 Å². The van der Waals surface area contributed by atoms with Crippen LogP contribution in [0.25, 0.3) is 0 Å². The molecule has 0 spiro atoms. The van der Waals surface area contributed by atoms with Crippen LogP contribution in [0.15, 0.2) is 42.5 Å². The van der Waals surface area contributed by atoms with Gasteiger partial charge in [-0.25, -0.2) is 13.2 Å². The lowest BCUT2D eigenvalue weighted by molar-refractivity contribution is -0.110. The highest BCUT2D eigenvalue weighted by Crippen LogP contribution is 2.18. The first-order valence-electron chi connectivity index (χ1n) is 6.25. The molecule has 0 bridgehead atoms. The van der Waals surface area contributed by atoms with Gasteiger partial charge in [0.2, 0.25) is 0 Å². The molecule has 1 amide bonds. The summed E-state index contributed by atoms with van der Waals surface area (Å²) in [6, 6.07) is 10.1. The molecule has 7 heteroatoms. The lowest BCUT2D eigenvalue weighted by Crippen LogP contribution is -2.33. The van der Waals surface area contributed by atoms with E-state index in [2.05, 4.69) is 10.6 Å². The van der Waals surface area contributed by atoms with Crippen molar-refractivity contribution >= 4 is 28.8 Å². The van der Waals surface area contributed by atoms with Gasteiger partial charge in [0.05, 0.1) is 5.69 Å². The molecule has 0 aromatic heterocycles. The van der Waals surface area contributed by atoms with Gasteiger partial charge < -0.3 is 10.6 Å². The summed E-state index contributed by atoms with van der Waals surface area (Å²) in [4.78, 5) is 11.6. The Morgan fingerprint density at radius 3 is 2.32 bits per heavy atom. The number of thiocarbonyl (C=S) groups is 1. The highest BCUT2D eigenvalue weighted by molar-refractivity contribution is 7.82. The highest BCUT2D eigenvalue weighted by atomic mass is 32.1. The quantitative estimate of drug-likeness (QED) is 0.673. The topological polar surface area (TPSA) is 41.1 Å². The molecule has 0 heterocycles. The fraction of sp³-hybridized carbons (Fsp3) is 0.0667. The Hall–Kier alpha value is -2.41. The van der Waals surface area contributed by atoms with E-state index >= 15 is 0 Å². The van der Waals surface area contributed by atoms with Crippen molar-refractivity contribution in [3.63, 3.8) is 0 Å². The second-order valence-electron chi connectivity index (χ2n) is 4.37. The third-order valence-electron chi connectivity index (χ3n) is 2.76. The number of anilines is 1. The zero-order chi connectivity index (χ0) is 16.1. The van der Waals surface area contributed by atoms with Crippen LogP contribution in [0.1, 0.15) is 5.56 Å². The van der Waals surface area contributed by atoms with E-state index in [1.807, 2.05) is 30.3 Å². The third kappa shape index (κ3) is 4.05. The molecule has 2 aromatic rings. The molecule has 0 aliphatic rings. The van der Waals surface area contributed by atoms with Crippen molar-refractivity contribution in [2.24, 2.45) is 0 Å². The maximum absolute atomic E-state index is 13.4. The molecule has 0 aliphatic heterocycles. The summed E-state index contributed by atoms with van der Waals surface area (Å²) < 4.78 is 39.3. The standard InChI is InChI=1S/C15H11F3N2OS/c16-10-6-12(18)13(7-11(10)17)20-14(21)15(22)19-8-9-4-2-1-3-5-9/h1-7H,8H2,(H,19,22)(H,20,21). The van der Waals surface area contributed by atoms with Crippen LogP contribution in [0.5, 0.6) is 0 Å². The maximum atomic E-state index is 13.4. The molecule has 0 saturated heterocycles. The van der Waals surface area contributed by atoms with Crippen LogP contribution in [0.4, 0.5) is 18.9 Å². The third-order valence-corrected chi connectivity index (χ3v) is 3.09. The number of benzene rings is 2. The number of halogens is 3. The summed E-state index contributed by atoms with van der Waals surface area (Å²) in [5.74, 6) is -4.49. The second-order valence-corrected chi connectivity index (χ2v) is 4.78. The Morgan fingerprint density at radius 2 is 1.64 bits per heavy atom. The Morgan fingerprint density at radius 1 is 1.00 bits per heavy atom. The van der Waals surface area contributed by atoms with E-state index in [4.69, 9.17) is 12.2 Å². The number of amides is 1. The fourth-order valence-electron chi connectivity index (χ4n) is 1.66. The second kappa shape index (κ2) is 7.04. The van der Waals surface area contributed by atoms with E-state index in [0.29, 0.717) is 18.7 Å². The van der Waals surface area contributed by atoms with Crippen molar-refractivity contribution in [3.05, 3.63) is 65.5 Å². The van der Waals surface area contributed by atoms with Crippen molar-refractivity contribution in [2.45, 2.75) is 6.54 Å². The van der Waals surface area contributed by atoms with E-state index in [1.165, 1.54) is 0 Å². The van der Waals surface area contributed by atoms with Gasteiger partial charge in [-0.2, -0.15) is 0 Å². The molecule has 0 atom stereocenters. The molecule has 3 nitrogen and oxygen atoms in total. The number of hydrogen-bond donors (Lipinski definition) is 2. The normalized spacial score (nSPS) is 10.1. The first-order chi connectivity index (χ1) is 10.5. The Labute approximate surface area is 130 Å². The van der Waals surface area contributed by atoms with Gasteiger partial charge in [-0.3, -0.25) is 4.79 Å². The van der Waals surface area contributed by atoms with Crippen LogP contribution >= 0.6 is 12.2 Å². The molecule has 22 heavy (non-hydrogen) atoms. The van der Waals surface area contributed by atoms with Gasteiger partial charge in [-0.1, -0.05) is 42.5 Å². The molecule has 2 aromatic carbocycles. The Bertz CT molecular complexity index is 707. The Kier molecular flexibility index (Phi) is 5.11. The molecule has 2 N–H and O–H groups in total. The van der Waals surface area contributed by atoms with Crippen LogP contribution in [0.2, 0.25) is 0 Å². The minimum absolute atomic E-state index is 0.187. The summed E-state index contributed by atoms with van der Waals surface area (Å²) >= 11 is 4.86. The SMILES string of the molecule is O=C(Nc1cc(F)c(F)cc1F)C(=S)NCc1ccccc1. The molecule has 0 unspecified atom stereocenters. The van der Waals surface area contributed by atoms with Crippen molar-refractivity contribution in [2.75, 3.05) is 5.32 Å². The highest BCUT2D eigenvalue weighted by Gasteiger charge is 2.15. The number of carbonyl (C=O) groups excluding carboxylic acids is 1. The van der Waals surface area contributed by atoms with Crippen molar-refractivity contribution < 1.29 is 18.0 Å². The molecular formula is C15H11F3N2OS. The van der Waals surface area contributed by atoms with Crippen molar-refractivity contribution in [1.29, 1.82) is 0 Å². The summed E-state index contributed by atoms with van der Waals surface area (Å²) in [5, 5.41) is 4.78. The van der Waals surface area contributed by atoms with Gasteiger partial charge in [0.25, 0.3) is 5.91 Å². The molecule has 2 rings (SSSR count). The minimum atomic E-state index is -1.33. The maximum Gasteiger partial charge on any atom is 0.283 e. The monoisotopic (exact) mass is 324 g/mol. The minimum Gasteiger partial charge on any atom is -0.368 e. The predicted molar refractivity (Wildman–Crippen MR) is 80.8 cm³/mol. The average molecular weight is 324 g/mol.